The minimum absolute atomic E-state index is 0.0671. The number of oxime groups is 1. The Morgan fingerprint density at radius 3 is 2.53 bits per heavy atom. The quantitative estimate of drug-likeness (QED) is 0.337. The fourth-order valence-corrected chi connectivity index (χ4v) is 1.36. The molecule has 0 amide bonds. The molecule has 3 N–H and O–H groups in total. The number of hydrogen-bond donors (Lipinski definition) is 2. The van der Waals surface area contributed by atoms with Crippen LogP contribution in [0.3, 0.4) is 0 Å². The van der Waals surface area contributed by atoms with Crippen LogP contribution in [0.25, 0.3) is 5.82 Å². The van der Waals surface area contributed by atoms with Crippen LogP contribution in [-0.4, -0.2) is 30.6 Å². The van der Waals surface area contributed by atoms with Crippen molar-refractivity contribution in [3.8, 4) is 5.82 Å². The van der Waals surface area contributed by atoms with E-state index in [1.807, 2.05) is 18.4 Å². The molecule has 2 heterocycles. The van der Waals surface area contributed by atoms with E-state index < -0.39 is 0 Å². The highest BCUT2D eigenvalue weighted by atomic mass is 16.4. The van der Waals surface area contributed by atoms with Gasteiger partial charge in [0.05, 0.1) is 18.1 Å². The van der Waals surface area contributed by atoms with E-state index in [1.165, 1.54) is 6.20 Å². The molecule has 0 saturated heterocycles. The molecule has 17 heavy (non-hydrogen) atoms. The molecular weight excluding hydrogens is 220 g/mol. The van der Waals surface area contributed by atoms with Crippen LogP contribution in [0.5, 0.6) is 0 Å². The van der Waals surface area contributed by atoms with Crippen LogP contribution in [0.4, 0.5) is 0 Å². The molecule has 88 valence electrons. The van der Waals surface area contributed by atoms with Crippen molar-refractivity contribution in [3.63, 3.8) is 0 Å². The standard InChI is InChI=1S/C10H12N6O/c1-6-7(2)16(5-14-6)9-4-12-8(3-13-9)10(11)15-17/h3-5,17H,1-2H3,(H2,11,15). The van der Waals surface area contributed by atoms with E-state index in [9.17, 15) is 0 Å². The number of aromatic nitrogens is 4. The maximum Gasteiger partial charge on any atom is 0.190 e. The Morgan fingerprint density at radius 1 is 1.29 bits per heavy atom. The summed E-state index contributed by atoms with van der Waals surface area (Å²) in [5.41, 5.74) is 7.65. The van der Waals surface area contributed by atoms with Crippen molar-refractivity contribution in [2.75, 3.05) is 0 Å². The monoisotopic (exact) mass is 232 g/mol. The molecule has 7 nitrogen and oxygen atoms in total. The van der Waals surface area contributed by atoms with E-state index in [2.05, 4.69) is 20.1 Å². The molecular formula is C10H12N6O. The lowest BCUT2D eigenvalue weighted by Gasteiger charge is -2.04. The average Bonchev–Trinajstić information content (AvgIpc) is 2.69. The van der Waals surface area contributed by atoms with Crippen LogP contribution < -0.4 is 5.73 Å². The van der Waals surface area contributed by atoms with Gasteiger partial charge in [0.1, 0.15) is 12.0 Å². The third kappa shape index (κ3) is 1.94. The van der Waals surface area contributed by atoms with Gasteiger partial charge in [-0.05, 0) is 13.8 Å². The Bertz CT molecular complexity index is 557. The second-order valence-corrected chi connectivity index (χ2v) is 3.53. The maximum absolute atomic E-state index is 8.50. The number of nitrogens with zero attached hydrogens (tertiary/aromatic N) is 5. The second-order valence-electron chi connectivity index (χ2n) is 3.53. The molecule has 0 aliphatic carbocycles. The summed E-state index contributed by atoms with van der Waals surface area (Å²) < 4.78 is 1.82. The summed E-state index contributed by atoms with van der Waals surface area (Å²) in [5.74, 6) is 0.570. The summed E-state index contributed by atoms with van der Waals surface area (Å²) in [6, 6.07) is 0. The number of amidine groups is 1. The molecule has 0 bridgehead atoms. The molecule has 0 radical (unpaired) electrons. The van der Waals surface area contributed by atoms with Crippen LogP contribution in [0.1, 0.15) is 17.1 Å². The van der Waals surface area contributed by atoms with Crippen LogP contribution in [0, 0.1) is 13.8 Å². The maximum atomic E-state index is 8.50. The summed E-state index contributed by atoms with van der Waals surface area (Å²) in [6.07, 6.45) is 4.67. The van der Waals surface area contributed by atoms with Gasteiger partial charge in [-0.2, -0.15) is 0 Å². The van der Waals surface area contributed by atoms with E-state index in [-0.39, 0.29) is 5.84 Å². The number of aryl methyl sites for hydroxylation is 1. The Hall–Kier alpha value is -2.44. The van der Waals surface area contributed by atoms with Crippen LogP contribution in [-0.2, 0) is 0 Å². The highest BCUT2D eigenvalue weighted by Crippen LogP contribution is 2.10. The zero-order valence-electron chi connectivity index (χ0n) is 9.49. The Balaban J connectivity index is 2.39. The smallest absolute Gasteiger partial charge is 0.190 e. The minimum Gasteiger partial charge on any atom is -0.409 e. The van der Waals surface area contributed by atoms with Gasteiger partial charge < -0.3 is 10.9 Å². The molecule has 0 aromatic carbocycles. The molecule has 0 aliphatic heterocycles. The normalized spacial score (nSPS) is 11.8. The van der Waals surface area contributed by atoms with E-state index >= 15 is 0 Å². The Labute approximate surface area is 97.6 Å². The zero-order valence-corrected chi connectivity index (χ0v) is 9.49. The van der Waals surface area contributed by atoms with Crippen molar-refractivity contribution in [2.45, 2.75) is 13.8 Å². The van der Waals surface area contributed by atoms with E-state index in [4.69, 9.17) is 10.9 Å². The SMILES string of the molecule is Cc1ncn(-c2cnc(C(N)=NO)cn2)c1C. The van der Waals surface area contributed by atoms with Crippen molar-refractivity contribution >= 4 is 5.84 Å². The molecule has 2 rings (SSSR count). The highest BCUT2D eigenvalue weighted by molar-refractivity contribution is 5.94. The zero-order chi connectivity index (χ0) is 12.4. The first-order valence-corrected chi connectivity index (χ1v) is 4.94. The van der Waals surface area contributed by atoms with Gasteiger partial charge >= 0.3 is 0 Å². The lowest BCUT2D eigenvalue weighted by Crippen LogP contribution is -2.15. The third-order valence-electron chi connectivity index (χ3n) is 2.51. The molecule has 2 aromatic rings. The van der Waals surface area contributed by atoms with Crippen LogP contribution in [0.15, 0.2) is 23.9 Å². The van der Waals surface area contributed by atoms with E-state index in [0.29, 0.717) is 11.5 Å². The lowest BCUT2D eigenvalue weighted by molar-refractivity contribution is 0.318. The molecule has 0 unspecified atom stereocenters. The van der Waals surface area contributed by atoms with E-state index in [1.54, 1.807) is 12.5 Å². The number of hydrogen-bond acceptors (Lipinski definition) is 5. The molecule has 0 aliphatic rings. The average molecular weight is 232 g/mol. The summed E-state index contributed by atoms with van der Waals surface area (Å²) in [6.45, 7) is 3.87. The van der Waals surface area contributed by atoms with Crippen LogP contribution >= 0.6 is 0 Å². The first-order chi connectivity index (χ1) is 8.13. The highest BCUT2D eigenvalue weighted by Gasteiger charge is 2.07. The summed E-state index contributed by atoms with van der Waals surface area (Å²) >= 11 is 0. The molecule has 7 heteroatoms. The molecule has 0 spiro atoms. The van der Waals surface area contributed by atoms with Crippen LogP contribution in [0.2, 0.25) is 0 Å². The van der Waals surface area contributed by atoms with Crippen molar-refractivity contribution in [1.29, 1.82) is 0 Å². The van der Waals surface area contributed by atoms with Gasteiger partial charge in [-0.15, -0.1) is 0 Å². The van der Waals surface area contributed by atoms with Gasteiger partial charge in [-0.3, -0.25) is 4.57 Å². The summed E-state index contributed by atoms with van der Waals surface area (Å²) in [4.78, 5) is 12.4. The Morgan fingerprint density at radius 2 is 2.06 bits per heavy atom. The van der Waals surface area contributed by atoms with E-state index in [0.717, 1.165) is 11.4 Å². The lowest BCUT2D eigenvalue weighted by atomic mass is 10.4. The summed E-state index contributed by atoms with van der Waals surface area (Å²) in [7, 11) is 0. The fourth-order valence-electron chi connectivity index (χ4n) is 1.36. The number of imidazole rings is 1. The van der Waals surface area contributed by atoms with Gasteiger partial charge in [0, 0.05) is 5.69 Å². The van der Waals surface area contributed by atoms with Gasteiger partial charge in [0.15, 0.2) is 11.7 Å². The van der Waals surface area contributed by atoms with Gasteiger partial charge in [-0.1, -0.05) is 5.16 Å². The second kappa shape index (κ2) is 4.20. The van der Waals surface area contributed by atoms with Crippen molar-refractivity contribution < 1.29 is 5.21 Å². The van der Waals surface area contributed by atoms with Crippen molar-refractivity contribution in [1.82, 2.24) is 19.5 Å². The molecule has 0 fully saturated rings. The van der Waals surface area contributed by atoms with Gasteiger partial charge in [0.2, 0.25) is 0 Å². The first kappa shape index (κ1) is 11.1. The summed E-state index contributed by atoms with van der Waals surface area (Å²) in [5, 5.41) is 11.4. The Kier molecular flexibility index (Phi) is 2.73. The fraction of sp³-hybridized carbons (Fsp3) is 0.200. The molecule has 2 aromatic heterocycles. The molecule has 0 atom stereocenters. The largest absolute Gasteiger partial charge is 0.409 e. The topological polar surface area (TPSA) is 102 Å². The molecule has 0 saturated carbocycles. The van der Waals surface area contributed by atoms with Gasteiger partial charge in [-0.25, -0.2) is 15.0 Å². The predicted octanol–water partition coefficient (Wildman–Crippen LogP) is 0.374. The predicted molar refractivity (Wildman–Crippen MR) is 61.1 cm³/mol. The number of nitrogens with two attached hydrogens (primary N) is 1. The number of rotatable bonds is 2. The first-order valence-electron chi connectivity index (χ1n) is 4.94. The van der Waals surface area contributed by atoms with Crippen molar-refractivity contribution in [3.05, 3.63) is 35.8 Å². The van der Waals surface area contributed by atoms with Gasteiger partial charge in [0.25, 0.3) is 0 Å². The van der Waals surface area contributed by atoms with Crippen molar-refractivity contribution in [2.24, 2.45) is 10.9 Å². The minimum atomic E-state index is -0.0671. The third-order valence-corrected chi connectivity index (χ3v) is 2.51.